The summed E-state index contributed by atoms with van der Waals surface area (Å²) in [7, 11) is 0. The van der Waals surface area contributed by atoms with Crippen molar-refractivity contribution in [2.24, 2.45) is 0 Å². The predicted molar refractivity (Wildman–Crippen MR) is 73.9 cm³/mol. The number of anilines is 2. The van der Waals surface area contributed by atoms with Gasteiger partial charge in [-0.3, -0.25) is 4.79 Å². The van der Waals surface area contributed by atoms with Gasteiger partial charge in [-0.05, 0) is 32.0 Å². The Bertz CT molecular complexity index is 464. The lowest BCUT2D eigenvalue weighted by molar-refractivity contribution is -0.115. The van der Waals surface area contributed by atoms with E-state index in [4.69, 9.17) is 16.9 Å². The molecule has 18 heavy (non-hydrogen) atoms. The van der Waals surface area contributed by atoms with E-state index in [-0.39, 0.29) is 12.3 Å². The summed E-state index contributed by atoms with van der Waals surface area (Å²) < 4.78 is 0. The van der Waals surface area contributed by atoms with Gasteiger partial charge in [-0.2, -0.15) is 5.26 Å². The highest BCUT2D eigenvalue weighted by atomic mass is 35.5. The number of benzene rings is 1. The number of carbonyl (C=O) groups excluding carboxylic acids is 1. The first-order chi connectivity index (χ1) is 8.62. The van der Waals surface area contributed by atoms with Crippen molar-refractivity contribution in [3.8, 4) is 6.07 Å². The molecule has 1 aromatic rings. The zero-order valence-electron chi connectivity index (χ0n) is 10.5. The number of hydrogen-bond donors (Lipinski definition) is 1. The van der Waals surface area contributed by atoms with Gasteiger partial charge >= 0.3 is 0 Å². The van der Waals surface area contributed by atoms with Crippen LogP contribution in [0.1, 0.15) is 20.3 Å². The van der Waals surface area contributed by atoms with Crippen molar-refractivity contribution in [1.82, 2.24) is 0 Å². The first-order valence-corrected chi connectivity index (χ1v) is 6.21. The van der Waals surface area contributed by atoms with E-state index < -0.39 is 0 Å². The van der Waals surface area contributed by atoms with E-state index in [1.165, 1.54) is 0 Å². The average molecular weight is 266 g/mol. The number of amides is 1. The lowest BCUT2D eigenvalue weighted by Crippen LogP contribution is -2.22. The van der Waals surface area contributed by atoms with Crippen LogP contribution in [-0.4, -0.2) is 19.0 Å². The smallest absolute Gasteiger partial charge is 0.238 e. The van der Waals surface area contributed by atoms with E-state index >= 15 is 0 Å². The molecular weight excluding hydrogens is 250 g/mol. The van der Waals surface area contributed by atoms with Gasteiger partial charge in [-0.25, -0.2) is 0 Å². The molecule has 1 amide bonds. The summed E-state index contributed by atoms with van der Waals surface area (Å²) in [6.07, 6.45) is -0.157. The van der Waals surface area contributed by atoms with Crippen molar-refractivity contribution < 1.29 is 4.79 Å². The van der Waals surface area contributed by atoms with Gasteiger partial charge in [-0.1, -0.05) is 11.6 Å². The number of hydrogen-bond acceptors (Lipinski definition) is 3. The van der Waals surface area contributed by atoms with E-state index in [9.17, 15) is 4.79 Å². The Labute approximate surface area is 112 Å². The predicted octanol–water partition coefficient (Wildman–Crippen LogP) is 3.04. The molecule has 0 saturated carbocycles. The molecule has 4 nitrogen and oxygen atoms in total. The minimum absolute atomic E-state index is 0.157. The molecule has 0 bridgehead atoms. The molecule has 0 atom stereocenters. The Morgan fingerprint density at radius 1 is 1.44 bits per heavy atom. The second-order valence-electron chi connectivity index (χ2n) is 3.72. The van der Waals surface area contributed by atoms with E-state index in [0.29, 0.717) is 10.7 Å². The van der Waals surface area contributed by atoms with Crippen LogP contribution in [0.3, 0.4) is 0 Å². The Morgan fingerprint density at radius 3 is 2.61 bits per heavy atom. The van der Waals surface area contributed by atoms with Crippen molar-refractivity contribution in [2.75, 3.05) is 23.3 Å². The van der Waals surface area contributed by atoms with Crippen LogP contribution in [0.25, 0.3) is 0 Å². The van der Waals surface area contributed by atoms with Crippen molar-refractivity contribution in [1.29, 1.82) is 5.26 Å². The third-order valence-corrected chi connectivity index (χ3v) is 2.88. The number of nitrogens with one attached hydrogen (secondary N) is 1. The molecule has 0 fully saturated rings. The minimum Gasteiger partial charge on any atom is -0.371 e. The van der Waals surface area contributed by atoms with Crippen LogP contribution < -0.4 is 10.2 Å². The number of nitrogens with zero attached hydrogens (tertiary/aromatic N) is 2. The van der Waals surface area contributed by atoms with Crippen molar-refractivity contribution in [3.05, 3.63) is 23.2 Å². The van der Waals surface area contributed by atoms with Crippen molar-refractivity contribution in [2.45, 2.75) is 20.3 Å². The number of carbonyl (C=O) groups is 1. The fraction of sp³-hybridized carbons (Fsp3) is 0.385. The Kier molecular flexibility index (Phi) is 5.47. The van der Waals surface area contributed by atoms with E-state index in [1.807, 2.05) is 6.07 Å². The SMILES string of the molecule is CCN(CC)c1ccc(NC(=O)CC#N)cc1Cl. The van der Waals surface area contributed by atoms with Gasteiger partial charge in [0.2, 0.25) is 5.91 Å². The van der Waals surface area contributed by atoms with Crippen LogP contribution >= 0.6 is 11.6 Å². The fourth-order valence-electron chi connectivity index (χ4n) is 1.68. The topological polar surface area (TPSA) is 56.1 Å². The van der Waals surface area contributed by atoms with Gasteiger partial charge in [0.15, 0.2) is 0 Å². The molecule has 0 radical (unpaired) electrons. The quantitative estimate of drug-likeness (QED) is 0.890. The van der Waals surface area contributed by atoms with Crippen molar-refractivity contribution >= 4 is 28.9 Å². The van der Waals surface area contributed by atoms with Gasteiger partial charge in [0.1, 0.15) is 6.42 Å². The molecule has 96 valence electrons. The summed E-state index contributed by atoms with van der Waals surface area (Å²) in [6, 6.07) is 7.15. The standard InChI is InChI=1S/C13H16ClN3O/c1-3-17(4-2)12-6-5-10(9-11(12)14)16-13(18)7-8-15/h5-6,9H,3-4,7H2,1-2H3,(H,16,18). The van der Waals surface area contributed by atoms with Crippen LogP contribution in [0, 0.1) is 11.3 Å². The lowest BCUT2D eigenvalue weighted by atomic mass is 10.2. The Hall–Kier alpha value is -1.73. The molecule has 1 rings (SSSR count). The van der Waals surface area contributed by atoms with Crippen LogP contribution in [0.15, 0.2) is 18.2 Å². The van der Waals surface area contributed by atoms with Gasteiger partial charge in [0.25, 0.3) is 0 Å². The van der Waals surface area contributed by atoms with E-state index in [0.717, 1.165) is 18.8 Å². The lowest BCUT2D eigenvalue weighted by Gasteiger charge is -2.22. The Morgan fingerprint density at radius 2 is 2.11 bits per heavy atom. The summed E-state index contributed by atoms with van der Waals surface area (Å²) in [5.41, 5.74) is 1.55. The molecular formula is C13H16ClN3O. The molecule has 0 aliphatic rings. The summed E-state index contributed by atoms with van der Waals surface area (Å²) in [6.45, 7) is 5.86. The Balaban J connectivity index is 2.86. The normalized spacial score (nSPS) is 9.67. The molecule has 0 aliphatic carbocycles. The highest BCUT2D eigenvalue weighted by molar-refractivity contribution is 6.33. The molecule has 0 heterocycles. The maximum atomic E-state index is 11.3. The van der Waals surface area contributed by atoms with Crippen LogP contribution in [0.4, 0.5) is 11.4 Å². The average Bonchev–Trinajstić information content (AvgIpc) is 2.33. The number of nitriles is 1. The molecule has 5 heteroatoms. The maximum Gasteiger partial charge on any atom is 0.238 e. The monoisotopic (exact) mass is 265 g/mol. The molecule has 1 aromatic carbocycles. The van der Waals surface area contributed by atoms with Gasteiger partial charge in [0.05, 0.1) is 16.8 Å². The molecule has 0 aliphatic heterocycles. The van der Waals surface area contributed by atoms with Crippen molar-refractivity contribution in [3.63, 3.8) is 0 Å². The number of halogens is 1. The molecule has 0 aromatic heterocycles. The van der Waals surface area contributed by atoms with Gasteiger partial charge < -0.3 is 10.2 Å². The third kappa shape index (κ3) is 3.64. The molecule has 1 N–H and O–H groups in total. The molecule has 0 spiro atoms. The summed E-state index contributed by atoms with van der Waals surface area (Å²) in [5.74, 6) is -0.329. The maximum absolute atomic E-state index is 11.3. The van der Waals surface area contributed by atoms with Crippen LogP contribution in [-0.2, 0) is 4.79 Å². The minimum atomic E-state index is -0.329. The fourth-order valence-corrected chi connectivity index (χ4v) is 1.98. The van der Waals surface area contributed by atoms with Crippen LogP contribution in [0.2, 0.25) is 5.02 Å². The van der Waals surface area contributed by atoms with Gasteiger partial charge in [-0.15, -0.1) is 0 Å². The third-order valence-electron chi connectivity index (χ3n) is 2.58. The highest BCUT2D eigenvalue weighted by Gasteiger charge is 2.08. The second kappa shape index (κ2) is 6.87. The largest absolute Gasteiger partial charge is 0.371 e. The number of rotatable bonds is 5. The molecule has 0 saturated heterocycles. The first kappa shape index (κ1) is 14.3. The zero-order valence-corrected chi connectivity index (χ0v) is 11.3. The summed E-state index contributed by atoms with van der Waals surface area (Å²) >= 11 is 6.18. The summed E-state index contributed by atoms with van der Waals surface area (Å²) in [4.78, 5) is 13.4. The van der Waals surface area contributed by atoms with E-state index in [2.05, 4.69) is 24.1 Å². The zero-order chi connectivity index (χ0) is 13.5. The first-order valence-electron chi connectivity index (χ1n) is 5.83. The van der Waals surface area contributed by atoms with E-state index in [1.54, 1.807) is 18.2 Å². The second-order valence-corrected chi connectivity index (χ2v) is 4.13. The summed E-state index contributed by atoms with van der Waals surface area (Å²) in [5, 5.41) is 11.6. The van der Waals surface area contributed by atoms with Crippen LogP contribution in [0.5, 0.6) is 0 Å². The highest BCUT2D eigenvalue weighted by Crippen LogP contribution is 2.28. The van der Waals surface area contributed by atoms with Gasteiger partial charge in [0, 0.05) is 18.8 Å². The molecule has 0 unspecified atom stereocenters.